The van der Waals surface area contributed by atoms with Crippen LogP contribution in [0.2, 0.25) is 0 Å². The third kappa shape index (κ3) is 2.60. The molecule has 2 fully saturated rings. The van der Waals surface area contributed by atoms with Crippen LogP contribution in [0.25, 0.3) is 0 Å². The number of hydrogen-bond donors (Lipinski definition) is 2. The number of ketones is 1. The molecule has 28 heavy (non-hydrogen) atoms. The van der Waals surface area contributed by atoms with Crippen molar-refractivity contribution in [3.05, 3.63) is 46.0 Å². The second-order valence-corrected chi connectivity index (χ2v) is 9.10. The van der Waals surface area contributed by atoms with Crippen molar-refractivity contribution < 1.29 is 14.7 Å². The summed E-state index contributed by atoms with van der Waals surface area (Å²) in [6.07, 6.45) is 4.93. The van der Waals surface area contributed by atoms with E-state index in [0.29, 0.717) is 24.8 Å². The van der Waals surface area contributed by atoms with Crippen LogP contribution >= 0.6 is 0 Å². The van der Waals surface area contributed by atoms with E-state index in [2.05, 4.69) is 24.8 Å². The molecule has 0 aromatic heterocycles. The van der Waals surface area contributed by atoms with Gasteiger partial charge in [0.25, 0.3) is 0 Å². The van der Waals surface area contributed by atoms with E-state index in [1.807, 2.05) is 13.0 Å². The molecule has 3 aliphatic rings. The summed E-state index contributed by atoms with van der Waals surface area (Å²) in [6.45, 7) is 7.75. The summed E-state index contributed by atoms with van der Waals surface area (Å²) < 4.78 is 0. The molecule has 0 radical (unpaired) electrons. The van der Waals surface area contributed by atoms with Crippen molar-refractivity contribution >= 4 is 11.7 Å². The Morgan fingerprint density at radius 1 is 1.36 bits per heavy atom. The van der Waals surface area contributed by atoms with Gasteiger partial charge in [0.2, 0.25) is 5.91 Å². The van der Waals surface area contributed by atoms with E-state index in [1.54, 1.807) is 6.07 Å². The summed E-state index contributed by atoms with van der Waals surface area (Å²) in [4.78, 5) is 26.9. The van der Waals surface area contributed by atoms with Crippen molar-refractivity contribution in [2.75, 3.05) is 13.1 Å². The van der Waals surface area contributed by atoms with Crippen molar-refractivity contribution in [1.82, 2.24) is 4.90 Å². The number of likely N-dealkylation sites (tertiary alicyclic amines) is 1. The van der Waals surface area contributed by atoms with Gasteiger partial charge >= 0.3 is 0 Å². The van der Waals surface area contributed by atoms with Gasteiger partial charge < -0.3 is 10.8 Å². The molecule has 3 atom stereocenters. The lowest BCUT2D eigenvalue weighted by molar-refractivity contribution is -0.171. The minimum Gasteiger partial charge on any atom is -0.387 e. The van der Waals surface area contributed by atoms with E-state index in [-0.39, 0.29) is 11.8 Å². The number of hydrogen-bond acceptors (Lipinski definition) is 4. The van der Waals surface area contributed by atoms with Crippen molar-refractivity contribution in [3.8, 4) is 0 Å². The largest absolute Gasteiger partial charge is 0.387 e. The predicted octanol–water partition coefficient (Wildman–Crippen LogP) is 2.41. The molecule has 1 heterocycles. The van der Waals surface area contributed by atoms with E-state index in [4.69, 9.17) is 5.73 Å². The number of Topliss-reactive ketones (excluding diaryl/α,β-unsaturated/α-hetero) is 1. The molecule has 1 saturated carbocycles. The van der Waals surface area contributed by atoms with Crippen molar-refractivity contribution in [2.45, 2.75) is 69.9 Å². The number of allylic oxidation sites excluding steroid dienone is 1. The van der Waals surface area contributed by atoms with E-state index in [1.165, 1.54) is 5.57 Å². The highest BCUT2D eigenvalue weighted by Crippen LogP contribution is 2.58. The van der Waals surface area contributed by atoms with Crippen LogP contribution in [-0.4, -0.2) is 46.4 Å². The molecule has 2 bridgehead atoms. The Morgan fingerprint density at radius 3 is 2.79 bits per heavy atom. The Kier molecular flexibility index (Phi) is 4.51. The fourth-order valence-corrected chi connectivity index (χ4v) is 6.06. The molecule has 5 heteroatoms. The first kappa shape index (κ1) is 19.3. The second kappa shape index (κ2) is 6.53. The van der Waals surface area contributed by atoms with Crippen LogP contribution in [0.5, 0.6) is 0 Å². The van der Waals surface area contributed by atoms with Gasteiger partial charge in [-0.05, 0) is 69.3 Å². The number of primary amides is 1. The van der Waals surface area contributed by atoms with Crippen LogP contribution in [0.3, 0.4) is 0 Å². The zero-order valence-corrected chi connectivity index (χ0v) is 17.0. The van der Waals surface area contributed by atoms with Crippen molar-refractivity contribution in [2.24, 2.45) is 5.73 Å². The molecular formula is C23H30N2O3. The molecule has 1 saturated heterocycles. The SMILES string of the molecule is CC(C)=CCN1CC[C@]23CC(=O)CC[C@@]2(O)[C@H]1Cc1ccc(C(N)=O)c(C)c13. The van der Waals surface area contributed by atoms with Gasteiger partial charge in [-0.1, -0.05) is 17.7 Å². The first-order chi connectivity index (χ1) is 13.2. The maximum absolute atomic E-state index is 12.6. The lowest BCUT2D eigenvalue weighted by Crippen LogP contribution is -2.73. The normalized spacial score (nSPS) is 31.7. The van der Waals surface area contributed by atoms with Crippen LogP contribution < -0.4 is 5.73 Å². The number of amides is 1. The molecular weight excluding hydrogens is 352 g/mol. The van der Waals surface area contributed by atoms with Crippen molar-refractivity contribution in [1.29, 1.82) is 0 Å². The van der Waals surface area contributed by atoms with Gasteiger partial charge in [0, 0.05) is 36.4 Å². The fraction of sp³-hybridized carbons (Fsp3) is 0.565. The first-order valence-electron chi connectivity index (χ1n) is 10.2. The molecule has 150 valence electrons. The first-order valence-corrected chi connectivity index (χ1v) is 10.2. The summed E-state index contributed by atoms with van der Waals surface area (Å²) in [5.41, 5.74) is 8.80. The summed E-state index contributed by atoms with van der Waals surface area (Å²) >= 11 is 0. The Labute approximate surface area is 166 Å². The Morgan fingerprint density at radius 2 is 2.11 bits per heavy atom. The van der Waals surface area contributed by atoms with Gasteiger partial charge in [-0.25, -0.2) is 0 Å². The number of nitrogens with two attached hydrogens (primary N) is 1. The number of carbonyl (C=O) groups excluding carboxylic acids is 2. The third-order valence-corrected chi connectivity index (χ3v) is 7.37. The Hall–Kier alpha value is -1.98. The van der Waals surface area contributed by atoms with Gasteiger partial charge in [0.05, 0.1) is 5.60 Å². The number of piperidine rings is 1. The van der Waals surface area contributed by atoms with Gasteiger partial charge in [0.1, 0.15) is 5.78 Å². The lowest BCUT2D eigenvalue weighted by atomic mass is 9.48. The standard InChI is InChI=1S/C23H30N2O3/c1-14(2)7-10-25-11-9-22-13-17(26)6-8-23(22,28)19(25)12-16-4-5-18(21(24)27)15(3)20(16)22/h4-5,7,19,28H,6,8-13H2,1-3H3,(H2,24,27)/t19-,22-,23-/m1/s1. The number of nitrogens with zero attached hydrogens (tertiary/aromatic N) is 1. The Bertz CT molecular complexity index is 886. The smallest absolute Gasteiger partial charge is 0.248 e. The minimum absolute atomic E-state index is 0.0173. The Balaban J connectivity index is 1.90. The van der Waals surface area contributed by atoms with Gasteiger partial charge in [0.15, 0.2) is 0 Å². The number of carbonyl (C=O) groups is 2. The molecule has 1 aliphatic heterocycles. The average molecular weight is 383 g/mol. The molecule has 1 aromatic carbocycles. The topological polar surface area (TPSA) is 83.6 Å². The summed E-state index contributed by atoms with van der Waals surface area (Å²) in [5, 5.41) is 12.1. The molecule has 1 aromatic rings. The van der Waals surface area contributed by atoms with Crippen LogP contribution in [0.15, 0.2) is 23.8 Å². The van der Waals surface area contributed by atoms with Crippen LogP contribution in [-0.2, 0) is 16.6 Å². The number of rotatable bonds is 3. The molecule has 2 aliphatic carbocycles. The zero-order chi connectivity index (χ0) is 20.3. The quantitative estimate of drug-likeness (QED) is 0.787. The predicted molar refractivity (Wildman–Crippen MR) is 108 cm³/mol. The summed E-state index contributed by atoms with van der Waals surface area (Å²) in [5.74, 6) is -0.247. The molecule has 5 nitrogen and oxygen atoms in total. The zero-order valence-electron chi connectivity index (χ0n) is 17.0. The molecule has 3 N–H and O–H groups in total. The lowest BCUT2D eigenvalue weighted by Gasteiger charge is -2.63. The number of aliphatic hydroxyl groups is 1. The third-order valence-electron chi connectivity index (χ3n) is 7.37. The van der Waals surface area contributed by atoms with Gasteiger partial charge in [-0.2, -0.15) is 0 Å². The van der Waals surface area contributed by atoms with E-state index < -0.39 is 16.9 Å². The number of fused-ring (bicyclic) bond motifs is 1. The highest BCUT2D eigenvalue weighted by Gasteiger charge is 2.65. The fourth-order valence-electron chi connectivity index (χ4n) is 6.06. The average Bonchev–Trinajstić information content (AvgIpc) is 2.61. The highest BCUT2D eigenvalue weighted by atomic mass is 16.3. The highest BCUT2D eigenvalue weighted by molar-refractivity contribution is 5.95. The van der Waals surface area contributed by atoms with Gasteiger partial charge in [-0.15, -0.1) is 0 Å². The van der Waals surface area contributed by atoms with Crippen LogP contribution in [0.1, 0.15) is 66.6 Å². The second-order valence-electron chi connectivity index (χ2n) is 9.10. The maximum Gasteiger partial charge on any atom is 0.248 e. The van der Waals surface area contributed by atoms with E-state index in [9.17, 15) is 14.7 Å². The minimum atomic E-state index is -0.956. The van der Waals surface area contributed by atoms with Gasteiger partial charge in [-0.3, -0.25) is 14.5 Å². The molecule has 0 unspecified atom stereocenters. The monoisotopic (exact) mass is 382 g/mol. The maximum atomic E-state index is 12.6. The van der Waals surface area contributed by atoms with Crippen molar-refractivity contribution in [3.63, 3.8) is 0 Å². The van der Waals surface area contributed by atoms with Crippen LogP contribution in [0.4, 0.5) is 0 Å². The molecule has 1 amide bonds. The number of benzene rings is 1. The molecule has 4 rings (SSSR count). The summed E-state index contributed by atoms with van der Waals surface area (Å²) in [7, 11) is 0. The van der Waals surface area contributed by atoms with E-state index >= 15 is 0 Å². The molecule has 0 spiro atoms. The van der Waals surface area contributed by atoms with Crippen LogP contribution in [0, 0.1) is 6.92 Å². The summed E-state index contributed by atoms with van der Waals surface area (Å²) in [6, 6.07) is 3.77. The van der Waals surface area contributed by atoms with E-state index in [0.717, 1.165) is 42.6 Å².